The van der Waals surface area contributed by atoms with Gasteiger partial charge in [0.2, 0.25) is 0 Å². The van der Waals surface area contributed by atoms with Gasteiger partial charge < -0.3 is 14.5 Å². The van der Waals surface area contributed by atoms with Crippen LogP contribution in [0.2, 0.25) is 0 Å². The summed E-state index contributed by atoms with van der Waals surface area (Å²) in [6.07, 6.45) is -2.48. The highest BCUT2D eigenvalue weighted by Crippen LogP contribution is 2.30. The number of halogens is 3. The van der Waals surface area contributed by atoms with Gasteiger partial charge in [0, 0.05) is 47.3 Å². The van der Waals surface area contributed by atoms with E-state index in [0.717, 1.165) is 33.9 Å². The molecular formula is C26H20F3N3O. The maximum absolute atomic E-state index is 13.2. The molecule has 4 nitrogen and oxygen atoms in total. The number of alkyl halides is 3. The molecule has 0 atom stereocenters. The van der Waals surface area contributed by atoms with Crippen LogP contribution in [-0.2, 0) is 19.8 Å². The topological polar surface area (TPSA) is 39.0 Å². The number of para-hydroxylation sites is 1. The van der Waals surface area contributed by atoms with Crippen molar-refractivity contribution in [3.63, 3.8) is 0 Å². The van der Waals surface area contributed by atoms with Crippen molar-refractivity contribution in [2.24, 2.45) is 7.05 Å². The van der Waals surface area contributed by atoms with E-state index in [-0.39, 0.29) is 12.5 Å². The van der Waals surface area contributed by atoms with Gasteiger partial charge >= 0.3 is 6.18 Å². The molecule has 0 aliphatic carbocycles. The average Bonchev–Trinajstić information content (AvgIpc) is 3.34. The highest BCUT2D eigenvalue weighted by Gasteiger charge is 2.30. The van der Waals surface area contributed by atoms with Gasteiger partial charge in [0.1, 0.15) is 5.69 Å². The van der Waals surface area contributed by atoms with Gasteiger partial charge in [0.15, 0.2) is 0 Å². The first-order valence-electron chi connectivity index (χ1n) is 10.4. The van der Waals surface area contributed by atoms with Crippen LogP contribution in [0.25, 0.3) is 21.8 Å². The maximum Gasteiger partial charge on any atom is 0.416 e. The average molecular weight is 447 g/mol. The lowest BCUT2D eigenvalue weighted by atomic mass is 10.1. The highest BCUT2D eigenvalue weighted by molar-refractivity contribution is 6.07. The van der Waals surface area contributed by atoms with Gasteiger partial charge in [-0.3, -0.25) is 4.79 Å². The number of nitrogens with zero attached hydrogens (tertiary/aromatic N) is 2. The van der Waals surface area contributed by atoms with E-state index >= 15 is 0 Å². The van der Waals surface area contributed by atoms with Crippen LogP contribution in [0, 0.1) is 0 Å². The molecule has 7 heteroatoms. The van der Waals surface area contributed by atoms with Crippen molar-refractivity contribution >= 4 is 33.4 Å². The summed E-state index contributed by atoms with van der Waals surface area (Å²) in [5.74, 6) is -0.326. The summed E-state index contributed by atoms with van der Waals surface area (Å²) in [6, 6.07) is 22.0. The Morgan fingerprint density at radius 2 is 1.67 bits per heavy atom. The normalized spacial score (nSPS) is 11.9. The molecule has 0 unspecified atom stereocenters. The van der Waals surface area contributed by atoms with Gasteiger partial charge in [0.05, 0.1) is 5.56 Å². The molecule has 0 fully saturated rings. The third-order valence-corrected chi connectivity index (χ3v) is 5.78. The molecule has 166 valence electrons. The van der Waals surface area contributed by atoms with Gasteiger partial charge in [-0.05, 0) is 54.1 Å². The minimum absolute atomic E-state index is 0.137. The van der Waals surface area contributed by atoms with Crippen molar-refractivity contribution in [1.82, 2.24) is 9.13 Å². The maximum atomic E-state index is 13.2. The molecule has 0 bridgehead atoms. The standard InChI is InChI=1S/C26H20F3N3O/c1-31-12-11-19-14-21(9-10-22(19)31)30-25(33)24-15-18-6-2-3-8-23(18)32(24)16-17-5-4-7-20(13-17)26(27,28)29/h2-15H,16H2,1H3,(H,30,33). The van der Waals surface area contributed by atoms with Crippen molar-refractivity contribution in [3.8, 4) is 0 Å². The predicted molar refractivity (Wildman–Crippen MR) is 123 cm³/mol. The van der Waals surface area contributed by atoms with E-state index in [4.69, 9.17) is 0 Å². The van der Waals surface area contributed by atoms with Gasteiger partial charge in [-0.15, -0.1) is 0 Å². The van der Waals surface area contributed by atoms with E-state index in [1.54, 1.807) is 16.7 Å². The van der Waals surface area contributed by atoms with Crippen molar-refractivity contribution in [3.05, 3.63) is 102 Å². The number of aromatic nitrogens is 2. The Morgan fingerprint density at radius 3 is 2.48 bits per heavy atom. The molecule has 3 aromatic carbocycles. The number of rotatable bonds is 4. The van der Waals surface area contributed by atoms with Crippen LogP contribution < -0.4 is 5.32 Å². The number of benzene rings is 3. The van der Waals surface area contributed by atoms with Crippen molar-refractivity contribution < 1.29 is 18.0 Å². The number of hydrogen-bond donors (Lipinski definition) is 1. The summed E-state index contributed by atoms with van der Waals surface area (Å²) in [5, 5.41) is 4.77. The van der Waals surface area contributed by atoms with Crippen LogP contribution in [0.15, 0.2) is 85.1 Å². The van der Waals surface area contributed by atoms with Crippen molar-refractivity contribution in [1.29, 1.82) is 0 Å². The summed E-state index contributed by atoms with van der Waals surface area (Å²) in [4.78, 5) is 13.2. The van der Waals surface area contributed by atoms with E-state index in [2.05, 4.69) is 5.32 Å². The number of fused-ring (bicyclic) bond motifs is 2. The van der Waals surface area contributed by atoms with Crippen molar-refractivity contribution in [2.45, 2.75) is 12.7 Å². The Labute approximate surface area is 187 Å². The van der Waals surface area contributed by atoms with Gasteiger partial charge in [-0.2, -0.15) is 13.2 Å². The van der Waals surface area contributed by atoms with Crippen LogP contribution in [0.5, 0.6) is 0 Å². The third-order valence-electron chi connectivity index (χ3n) is 5.78. The van der Waals surface area contributed by atoms with Crippen molar-refractivity contribution in [2.75, 3.05) is 5.32 Å². The number of aryl methyl sites for hydroxylation is 1. The van der Waals surface area contributed by atoms with E-state index < -0.39 is 11.7 Å². The molecule has 0 aliphatic heterocycles. The monoisotopic (exact) mass is 447 g/mol. The fraction of sp³-hybridized carbons (Fsp3) is 0.115. The highest BCUT2D eigenvalue weighted by atomic mass is 19.4. The molecule has 1 N–H and O–H groups in total. The summed E-state index contributed by atoms with van der Waals surface area (Å²) in [5.41, 5.74) is 2.60. The molecule has 1 amide bonds. The van der Waals surface area contributed by atoms with Crippen LogP contribution in [0.1, 0.15) is 21.6 Å². The Bertz CT molecular complexity index is 1490. The lowest BCUT2D eigenvalue weighted by molar-refractivity contribution is -0.137. The number of amides is 1. The van der Waals surface area contributed by atoms with Gasteiger partial charge in [-0.1, -0.05) is 30.3 Å². The largest absolute Gasteiger partial charge is 0.416 e. The molecule has 0 spiro atoms. The van der Waals surface area contributed by atoms with Crippen LogP contribution >= 0.6 is 0 Å². The lowest BCUT2D eigenvalue weighted by Crippen LogP contribution is -2.17. The summed E-state index contributed by atoms with van der Waals surface area (Å²) in [6.45, 7) is 0.137. The second kappa shape index (κ2) is 7.85. The fourth-order valence-corrected chi connectivity index (χ4v) is 4.15. The quantitative estimate of drug-likeness (QED) is 0.338. The van der Waals surface area contributed by atoms with E-state index in [0.29, 0.717) is 16.9 Å². The number of carbonyl (C=O) groups is 1. The number of carbonyl (C=O) groups excluding carboxylic acids is 1. The SMILES string of the molecule is Cn1ccc2cc(NC(=O)c3cc4ccccc4n3Cc3cccc(C(F)(F)F)c3)ccc21. The zero-order valence-corrected chi connectivity index (χ0v) is 17.7. The molecule has 33 heavy (non-hydrogen) atoms. The molecule has 5 aromatic rings. The summed E-state index contributed by atoms with van der Waals surface area (Å²) in [7, 11) is 1.95. The lowest BCUT2D eigenvalue weighted by Gasteiger charge is -2.13. The van der Waals surface area contributed by atoms with Crippen LogP contribution in [-0.4, -0.2) is 15.0 Å². The summed E-state index contributed by atoms with van der Waals surface area (Å²) >= 11 is 0. The van der Waals surface area contributed by atoms with E-state index in [1.807, 2.05) is 66.3 Å². The Kier molecular flexibility index (Phi) is 4.96. The number of nitrogens with one attached hydrogen (secondary N) is 1. The zero-order valence-electron chi connectivity index (χ0n) is 17.7. The Balaban J connectivity index is 1.51. The molecule has 5 rings (SSSR count). The second-order valence-electron chi connectivity index (χ2n) is 8.03. The molecule has 0 saturated heterocycles. The number of hydrogen-bond acceptors (Lipinski definition) is 1. The molecule has 0 radical (unpaired) electrons. The Morgan fingerprint density at radius 1 is 0.879 bits per heavy atom. The minimum atomic E-state index is -4.43. The number of anilines is 1. The second-order valence-corrected chi connectivity index (χ2v) is 8.03. The minimum Gasteiger partial charge on any atom is -0.351 e. The summed E-state index contributed by atoms with van der Waals surface area (Å²) < 4.78 is 43.3. The van der Waals surface area contributed by atoms with E-state index in [9.17, 15) is 18.0 Å². The molecular weight excluding hydrogens is 427 g/mol. The van der Waals surface area contributed by atoms with Gasteiger partial charge in [0.25, 0.3) is 5.91 Å². The first-order valence-corrected chi connectivity index (χ1v) is 10.4. The Hall–Kier alpha value is -4.00. The first kappa shape index (κ1) is 20.9. The smallest absolute Gasteiger partial charge is 0.351 e. The van der Waals surface area contributed by atoms with E-state index in [1.165, 1.54) is 6.07 Å². The third kappa shape index (κ3) is 3.98. The zero-order chi connectivity index (χ0) is 23.2. The molecule has 0 aliphatic rings. The van der Waals surface area contributed by atoms with Crippen LogP contribution in [0.3, 0.4) is 0 Å². The fourth-order valence-electron chi connectivity index (χ4n) is 4.15. The first-order chi connectivity index (χ1) is 15.8. The molecule has 2 aromatic heterocycles. The molecule has 2 heterocycles. The molecule has 0 saturated carbocycles. The van der Waals surface area contributed by atoms with Crippen LogP contribution in [0.4, 0.5) is 18.9 Å². The predicted octanol–water partition coefficient (Wildman–Crippen LogP) is 6.45. The van der Waals surface area contributed by atoms with Gasteiger partial charge in [-0.25, -0.2) is 0 Å².